The van der Waals surface area contributed by atoms with E-state index in [1.165, 1.54) is 25.3 Å². The van der Waals surface area contributed by atoms with Gasteiger partial charge in [-0.05, 0) is 29.8 Å². The molecule has 1 aromatic heterocycles. The number of fused-ring (bicyclic) bond motifs is 1. The van der Waals surface area contributed by atoms with Gasteiger partial charge in [0.25, 0.3) is 5.91 Å². The SMILES string of the molecule is COC(=O)Cn1c(=NC(=O)/C=C/c2ccccc2)sc2cc(F)ccc21. The third-order valence-corrected chi connectivity index (χ3v) is 4.62. The van der Waals surface area contributed by atoms with Gasteiger partial charge in [-0.2, -0.15) is 4.99 Å². The third-order valence-electron chi connectivity index (χ3n) is 3.58. The lowest BCUT2D eigenvalue weighted by Crippen LogP contribution is -2.22. The molecule has 0 radical (unpaired) electrons. The van der Waals surface area contributed by atoms with Crippen molar-refractivity contribution in [3.63, 3.8) is 0 Å². The largest absolute Gasteiger partial charge is 0.468 e. The number of ether oxygens (including phenoxy) is 1. The van der Waals surface area contributed by atoms with Crippen molar-refractivity contribution in [1.29, 1.82) is 0 Å². The molecule has 1 heterocycles. The van der Waals surface area contributed by atoms with Crippen LogP contribution in [0.25, 0.3) is 16.3 Å². The normalized spacial score (nSPS) is 12.0. The maximum Gasteiger partial charge on any atom is 0.325 e. The van der Waals surface area contributed by atoms with Crippen LogP contribution >= 0.6 is 11.3 Å². The van der Waals surface area contributed by atoms with Crippen LogP contribution in [-0.4, -0.2) is 23.6 Å². The van der Waals surface area contributed by atoms with Gasteiger partial charge in [-0.15, -0.1) is 0 Å². The van der Waals surface area contributed by atoms with E-state index >= 15 is 0 Å². The lowest BCUT2D eigenvalue weighted by atomic mass is 10.2. The Morgan fingerprint density at radius 3 is 2.73 bits per heavy atom. The van der Waals surface area contributed by atoms with E-state index in [-0.39, 0.29) is 6.54 Å². The van der Waals surface area contributed by atoms with E-state index in [1.807, 2.05) is 30.3 Å². The van der Waals surface area contributed by atoms with Crippen molar-refractivity contribution < 1.29 is 18.7 Å². The first-order chi connectivity index (χ1) is 12.6. The molecule has 3 rings (SSSR count). The lowest BCUT2D eigenvalue weighted by Gasteiger charge is -2.03. The number of methoxy groups -OCH3 is 1. The number of carbonyl (C=O) groups is 2. The van der Waals surface area contributed by atoms with Crippen molar-refractivity contribution in [3.8, 4) is 0 Å². The summed E-state index contributed by atoms with van der Waals surface area (Å²) in [5.41, 5.74) is 1.48. The zero-order valence-corrected chi connectivity index (χ0v) is 14.7. The molecule has 0 aliphatic rings. The minimum absolute atomic E-state index is 0.114. The maximum atomic E-state index is 13.5. The van der Waals surface area contributed by atoms with Gasteiger partial charge < -0.3 is 9.30 Å². The molecule has 0 saturated carbocycles. The number of thiazole rings is 1. The predicted octanol–water partition coefficient (Wildman–Crippen LogP) is 3.16. The number of hydrogen-bond donors (Lipinski definition) is 0. The Hall–Kier alpha value is -3.06. The van der Waals surface area contributed by atoms with E-state index in [0.717, 1.165) is 16.9 Å². The van der Waals surface area contributed by atoms with Crippen LogP contribution in [-0.2, 0) is 20.9 Å². The standard InChI is InChI=1S/C19H15FN2O3S/c1-25-18(24)12-22-15-9-8-14(20)11-16(15)26-19(22)21-17(23)10-7-13-5-3-2-4-6-13/h2-11H,12H2,1H3/b10-7+,21-19?. The highest BCUT2D eigenvalue weighted by Crippen LogP contribution is 2.18. The molecule has 1 amide bonds. The molecule has 5 nitrogen and oxygen atoms in total. The van der Waals surface area contributed by atoms with Crippen molar-refractivity contribution in [2.45, 2.75) is 6.54 Å². The van der Waals surface area contributed by atoms with Gasteiger partial charge in [0.1, 0.15) is 12.4 Å². The summed E-state index contributed by atoms with van der Waals surface area (Å²) in [4.78, 5) is 28.2. The molecule has 2 aromatic carbocycles. The van der Waals surface area contributed by atoms with E-state index in [1.54, 1.807) is 16.7 Å². The number of aromatic nitrogens is 1. The van der Waals surface area contributed by atoms with Crippen LogP contribution in [0.2, 0.25) is 0 Å². The number of rotatable bonds is 4. The van der Waals surface area contributed by atoms with Gasteiger partial charge in [0.2, 0.25) is 0 Å². The van der Waals surface area contributed by atoms with Crippen LogP contribution in [0, 0.1) is 5.82 Å². The number of esters is 1. The monoisotopic (exact) mass is 370 g/mol. The molecule has 132 valence electrons. The Morgan fingerprint density at radius 2 is 2.00 bits per heavy atom. The van der Waals surface area contributed by atoms with Crippen LogP contribution in [0.5, 0.6) is 0 Å². The summed E-state index contributed by atoms with van der Waals surface area (Å²) in [5, 5.41) is 0. The number of hydrogen-bond acceptors (Lipinski definition) is 4. The summed E-state index contributed by atoms with van der Waals surface area (Å²) in [6.07, 6.45) is 3.01. The van der Waals surface area contributed by atoms with Gasteiger partial charge in [0, 0.05) is 6.08 Å². The first kappa shape index (κ1) is 17.8. The summed E-state index contributed by atoms with van der Waals surface area (Å²) < 4.78 is 20.3. The molecule has 0 N–H and O–H groups in total. The van der Waals surface area contributed by atoms with Gasteiger partial charge >= 0.3 is 5.97 Å². The van der Waals surface area contributed by atoms with E-state index in [4.69, 9.17) is 4.74 Å². The highest BCUT2D eigenvalue weighted by molar-refractivity contribution is 7.16. The van der Waals surface area contributed by atoms with Gasteiger partial charge in [-0.25, -0.2) is 4.39 Å². The van der Waals surface area contributed by atoms with Gasteiger partial charge in [0.15, 0.2) is 4.80 Å². The second kappa shape index (κ2) is 7.88. The van der Waals surface area contributed by atoms with Gasteiger partial charge in [-0.1, -0.05) is 41.7 Å². The average Bonchev–Trinajstić information content (AvgIpc) is 2.96. The number of nitrogens with zero attached hydrogens (tertiary/aromatic N) is 2. The maximum absolute atomic E-state index is 13.5. The summed E-state index contributed by atoms with van der Waals surface area (Å²) >= 11 is 1.13. The second-order valence-electron chi connectivity index (χ2n) is 5.35. The Labute approximate surface area is 152 Å². The van der Waals surface area contributed by atoms with E-state index in [0.29, 0.717) is 15.0 Å². The number of halogens is 1. The fourth-order valence-corrected chi connectivity index (χ4v) is 3.40. The number of amides is 1. The summed E-state index contributed by atoms with van der Waals surface area (Å²) in [6, 6.07) is 13.5. The van der Waals surface area contributed by atoms with Crippen LogP contribution in [0.4, 0.5) is 4.39 Å². The molecular weight excluding hydrogens is 355 g/mol. The Kier molecular flexibility index (Phi) is 5.38. The third kappa shape index (κ3) is 4.12. The van der Waals surface area contributed by atoms with Crippen molar-refractivity contribution in [3.05, 3.63) is 70.8 Å². The molecule has 0 aliphatic carbocycles. The summed E-state index contributed by atoms with van der Waals surface area (Å²) in [5.74, 6) is -1.35. The minimum Gasteiger partial charge on any atom is -0.468 e. The Morgan fingerprint density at radius 1 is 1.23 bits per heavy atom. The second-order valence-corrected chi connectivity index (χ2v) is 6.36. The van der Waals surface area contributed by atoms with E-state index in [9.17, 15) is 14.0 Å². The Balaban J connectivity index is 2.00. The van der Waals surface area contributed by atoms with Crippen molar-refractivity contribution in [2.24, 2.45) is 4.99 Å². The molecule has 0 saturated heterocycles. The van der Waals surface area contributed by atoms with E-state index < -0.39 is 17.7 Å². The van der Waals surface area contributed by atoms with Crippen LogP contribution in [0.1, 0.15) is 5.56 Å². The molecule has 0 atom stereocenters. The highest BCUT2D eigenvalue weighted by Gasteiger charge is 2.11. The van der Waals surface area contributed by atoms with Crippen LogP contribution in [0.3, 0.4) is 0 Å². The lowest BCUT2D eigenvalue weighted by molar-refractivity contribution is -0.141. The van der Waals surface area contributed by atoms with Gasteiger partial charge in [0.05, 0.1) is 17.3 Å². The molecule has 26 heavy (non-hydrogen) atoms. The molecule has 0 bridgehead atoms. The van der Waals surface area contributed by atoms with Crippen molar-refractivity contribution in [2.75, 3.05) is 7.11 Å². The van der Waals surface area contributed by atoms with Crippen molar-refractivity contribution in [1.82, 2.24) is 4.57 Å². The molecular formula is C19H15FN2O3S. The zero-order chi connectivity index (χ0) is 18.5. The molecule has 0 fully saturated rings. The van der Waals surface area contributed by atoms with Crippen molar-refractivity contribution >= 4 is 39.5 Å². The van der Waals surface area contributed by atoms with Crippen LogP contribution in [0.15, 0.2) is 59.6 Å². The summed E-state index contributed by atoms with van der Waals surface area (Å²) in [7, 11) is 1.28. The molecule has 0 spiro atoms. The average molecular weight is 370 g/mol. The number of benzene rings is 2. The Bertz CT molecular complexity index is 1050. The molecule has 0 unspecified atom stereocenters. The minimum atomic E-state index is -0.484. The van der Waals surface area contributed by atoms with Crippen LogP contribution < -0.4 is 4.80 Å². The first-order valence-electron chi connectivity index (χ1n) is 7.74. The molecule has 7 heteroatoms. The summed E-state index contributed by atoms with van der Waals surface area (Å²) in [6.45, 7) is -0.114. The highest BCUT2D eigenvalue weighted by atomic mass is 32.1. The fourth-order valence-electron chi connectivity index (χ4n) is 2.34. The first-order valence-corrected chi connectivity index (χ1v) is 8.56. The van der Waals surface area contributed by atoms with E-state index in [2.05, 4.69) is 4.99 Å². The smallest absolute Gasteiger partial charge is 0.325 e. The zero-order valence-electron chi connectivity index (χ0n) is 13.9. The topological polar surface area (TPSA) is 60.7 Å². The fraction of sp³-hybridized carbons (Fsp3) is 0.105. The van der Waals surface area contributed by atoms with Gasteiger partial charge in [-0.3, -0.25) is 9.59 Å². The number of carbonyl (C=O) groups excluding carboxylic acids is 2. The molecule has 0 aliphatic heterocycles. The molecule has 3 aromatic rings. The quantitative estimate of drug-likeness (QED) is 0.524. The predicted molar refractivity (Wildman–Crippen MR) is 97.8 cm³/mol.